The van der Waals surface area contributed by atoms with Crippen molar-refractivity contribution in [1.29, 1.82) is 0 Å². The number of fused-ring (bicyclic) bond motifs is 1. The summed E-state index contributed by atoms with van der Waals surface area (Å²) in [6.07, 6.45) is 3.07. The van der Waals surface area contributed by atoms with Crippen molar-refractivity contribution >= 4 is 22.8 Å². The second-order valence-electron chi connectivity index (χ2n) is 4.80. The molecule has 0 saturated carbocycles. The van der Waals surface area contributed by atoms with Gasteiger partial charge in [-0.25, -0.2) is 4.98 Å². The van der Waals surface area contributed by atoms with Gasteiger partial charge in [-0.15, -0.1) is 0 Å². The van der Waals surface area contributed by atoms with E-state index in [-0.39, 0.29) is 0 Å². The maximum atomic E-state index is 12.1. The average Bonchev–Trinajstić information content (AvgIpc) is 3.14. The average molecular weight is 298 g/mol. The summed E-state index contributed by atoms with van der Waals surface area (Å²) in [5.74, 6) is -0.873. The van der Waals surface area contributed by atoms with Gasteiger partial charge >= 0.3 is 0 Å². The molecule has 3 heterocycles. The number of nitrogens with one attached hydrogen (secondary N) is 3. The Morgan fingerprint density at radius 3 is 2.77 bits per heavy atom. The van der Waals surface area contributed by atoms with Crippen LogP contribution in [0, 0.1) is 6.92 Å². The van der Waals surface area contributed by atoms with Crippen LogP contribution in [0.2, 0.25) is 0 Å². The van der Waals surface area contributed by atoms with Gasteiger partial charge in [0.25, 0.3) is 11.8 Å². The van der Waals surface area contributed by atoms with Crippen LogP contribution in [0.4, 0.5) is 0 Å². The number of hydrogen-bond donors (Lipinski definition) is 3. The number of aromatic amines is 1. The molecule has 0 atom stereocenters. The van der Waals surface area contributed by atoms with E-state index in [1.807, 2.05) is 6.92 Å². The first kappa shape index (κ1) is 13.8. The molecule has 0 fully saturated rings. The third-order valence-electron chi connectivity index (χ3n) is 3.26. The lowest BCUT2D eigenvalue weighted by Gasteiger charge is -2.06. The molecule has 3 N–H and O–H groups in total. The molecule has 3 rings (SSSR count). The summed E-state index contributed by atoms with van der Waals surface area (Å²) in [6, 6.07) is 4.99. The predicted molar refractivity (Wildman–Crippen MR) is 79.0 cm³/mol. The molecule has 0 aliphatic rings. The summed E-state index contributed by atoms with van der Waals surface area (Å²) in [4.78, 5) is 30.8. The number of aromatic nitrogens is 4. The summed E-state index contributed by atoms with van der Waals surface area (Å²) < 4.78 is 1.65. The molecule has 0 radical (unpaired) electrons. The number of nitrogens with zero attached hydrogens (tertiary/aromatic N) is 3. The first-order valence-corrected chi connectivity index (χ1v) is 6.59. The van der Waals surface area contributed by atoms with Gasteiger partial charge in [0.2, 0.25) is 0 Å². The van der Waals surface area contributed by atoms with Crippen molar-refractivity contribution in [2.24, 2.45) is 7.05 Å². The van der Waals surface area contributed by atoms with Crippen molar-refractivity contribution in [2.75, 3.05) is 0 Å². The minimum atomic E-state index is -0.447. The third kappa shape index (κ3) is 2.41. The van der Waals surface area contributed by atoms with Gasteiger partial charge in [0.05, 0.1) is 11.3 Å². The zero-order chi connectivity index (χ0) is 15.7. The van der Waals surface area contributed by atoms with Crippen molar-refractivity contribution in [1.82, 2.24) is 30.6 Å². The summed E-state index contributed by atoms with van der Waals surface area (Å²) in [6.45, 7) is 1.85. The zero-order valence-corrected chi connectivity index (χ0v) is 12.0. The number of hydrogen-bond acceptors (Lipinski definition) is 4. The molecule has 0 aliphatic carbocycles. The third-order valence-corrected chi connectivity index (χ3v) is 3.26. The molecular weight excluding hydrogens is 284 g/mol. The molecule has 0 aliphatic heterocycles. The van der Waals surface area contributed by atoms with E-state index in [0.717, 1.165) is 11.1 Å². The van der Waals surface area contributed by atoms with Gasteiger partial charge in [0.15, 0.2) is 5.65 Å². The van der Waals surface area contributed by atoms with Crippen LogP contribution in [0.25, 0.3) is 11.0 Å². The van der Waals surface area contributed by atoms with Crippen LogP contribution in [0.5, 0.6) is 0 Å². The van der Waals surface area contributed by atoms with Gasteiger partial charge < -0.3 is 4.98 Å². The van der Waals surface area contributed by atoms with Gasteiger partial charge in [0, 0.05) is 24.8 Å². The minimum Gasteiger partial charge on any atom is -0.357 e. The predicted octanol–water partition coefficient (Wildman–Crippen LogP) is 0.680. The molecule has 0 aromatic carbocycles. The highest BCUT2D eigenvalue weighted by molar-refractivity contribution is 5.99. The molecule has 2 amide bonds. The monoisotopic (exact) mass is 298 g/mol. The van der Waals surface area contributed by atoms with Gasteiger partial charge in [0.1, 0.15) is 5.69 Å². The molecule has 8 nitrogen and oxygen atoms in total. The number of H-pyrrole nitrogens is 1. The Hall–Kier alpha value is -3.16. The van der Waals surface area contributed by atoms with Gasteiger partial charge in [-0.2, -0.15) is 5.10 Å². The van der Waals surface area contributed by atoms with Crippen molar-refractivity contribution in [3.8, 4) is 0 Å². The molecule has 3 aromatic rings. The maximum Gasteiger partial charge on any atom is 0.286 e. The number of carbonyl (C=O) groups excluding carboxylic acids is 2. The minimum absolute atomic E-state index is 0.343. The van der Waals surface area contributed by atoms with Crippen molar-refractivity contribution in [2.45, 2.75) is 6.92 Å². The summed E-state index contributed by atoms with van der Waals surface area (Å²) in [5, 5.41) is 5.04. The number of amides is 2. The van der Waals surface area contributed by atoms with E-state index in [1.165, 1.54) is 6.20 Å². The van der Waals surface area contributed by atoms with Crippen LogP contribution >= 0.6 is 0 Å². The molecule has 22 heavy (non-hydrogen) atoms. The normalized spacial score (nSPS) is 10.6. The van der Waals surface area contributed by atoms with Gasteiger partial charge in [-0.3, -0.25) is 25.1 Å². The second kappa shape index (κ2) is 5.32. The SMILES string of the molecule is Cc1nn(C)c2ncc(C(=O)NNC(=O)c3ccc[nH]3)cc12. The Morgan fingerprint density at radius 1 is 1.27 bits per heavy atom. The van der Waals surface area contributed by atoms with E-state index in [1.54, 1.807) is 36.1 Å². The zero-order valence-electron chi connectivity index (χ0n) is 12.0. The number of rotatable bonds is 2. The number of pyridine rings is 1. The lowest BCUT2D eigenvalue weighted by Crippen LogP contribution is -2.41. The largest absolute Gasteiger partial charge is 0.357 e. The summed E-state index contributed by atoms with van der Waals surface area (Å²) >= 11 is 0. The fourth-order valence-electron chi connectivity index (χ4n) is 2.16. The Morgan fingerprint density at radius 2 is 2.05 bits per heavy atom. The molecule has 0 saturated heterocycles. The molecular formula is C14H14N6O2. The number of carbonyl (C=O) groups is 2. The van der Waals surface area contributed by atoms with Gasteiger partial charge in [-0.1, -0.05) is 0 Å². The van der Waals surface area contributed by atoms with Crippen LogP contribution in [-0.4, -0.2) is 31.6 Å². The lowest BCUT2D eigenvalue weighted by atomic mass is 10.2. The second-order valence-corrected chi connectivity index (χ2v) is 4.80. The van der Waals surface area contributed by atoms with Gasteiger partial charge in [-0.05, 0) is 25.1 Å². The Labute approximate surface area is 125 Å². The number of aryl methyl sites for hydroxylation is 2. The summed E-state index contributed by atoms with van der Waals surface area (Å²) in [5.41, 5.74) is 6.87. The van der Waals surface area contributed by atoms with Crippen molar-refractivity contribution < 1.29 is 9.59 Å². The van der Waals surface area contributed by atoms with E-state index in [2.05, 4.69) is 25.9 Å². The molecule has 3 aromatic heterocycles. The summed E-state index contributed by atoms with van der Waals surface area (Å²) in [7, 11) is 1.79. The molecule has 112 valence electrons. The van der Waals surface area contributed by atoms with Crippen LogP contribution < -0.4 is 10.9 Å². The lowest BCUT2D eigenvalue weighted by molar-refractivity contribution is 0.0844. The highest BCUT2D eigenvalue weighted by atomic mass is 16.2. The molecule has 0 spiro atoms. The van der Waals surface area contributed by atoms with E-state index < -0.39 is 11.8 Å². The topological polar surface area (TPSA) is 105 Å². The first-order chi connectivity index (χ1) is 10.6. The van der Waals surface area contributed by atoms with Crippen molar-refractivity contribution in [3.05, 3.63) is 47.5 Å². The quantitative estimate of drug-likeness (QED) is 0.605. The smallest absolute Gasteiger partial charge is 0.286 e. The van der Waals surface area contributed by atoms with E-state index in [9.17, 15) is 9.59 Å². The van der Waals surface area contributed by atoms with Crippen LogP contribution in [0.1, 0.15) is 26.5 Å². The number of hydrazine groups is 1. The van der Waals surface area contributed by atoms with E-state index >= 15 is 0 Å². The fourth-order valence-corrected chi connectivity index (χ4v) is 2.16. The standard InChI is InChI=1S/C14H14N6O2/c1-8-10-6-9(7-16-12(10)20(2)19-8)13(21)17-18-14(22)11-4-3-5-15-11/h3-7,15H,1-2H3,(H,17,21)(H,18,22). The fraction of sp³-hybridized carbons (Fsp3) is 0.143. The highest BCUT2D eigenvalue weighted by Gasteiger charge is 2.13. The highest BCUT2D eigenvalue weighted by Crippen LogP contribution is 2.16. The molecule has 0 bridgehead atoms. The first-order valence-electron chi connectivity index (χ1n) is 6.59. The Bertz CT molecular complexity index is 850. The Kier molecular flexibility index (Phi) is 3.34. The maximum absolute atomic E-state index is 12.1. The van der Waals surface area contributed by atoms with E-state index in [4.69, 9.17) is 0 Å². The van der Waals surface area contributed by atoms with Crippen LogP contribution in [-0.2, 0) is 7.05 Å². The van der Waals surface area contributed by atoms with Crippen LogP contribution in [0.3, 0.4) is 0 Å². The van der Waals surface area contributed by atoms with Crippen molar-refractivity contribution in [3.63, 3.8) is 0 Å². The Balaban J connectivity index is 1.75. The molecule has 8 heteroatoms. The van der Waals surface area contributed by atoms with Crippen LogP contribution in [0.15, 0.2) is 30.6 Å². The molecule has 0 unspecified atom stereocenters. The van der Waals surface area contributed by atoms with E-state index in [0.29, 0.717) is 16.9 Å².